The maximum absolute atomic E-state index is 10.3. The lowest BCUT2D eigenvalue weighted by molar-refractivity contribution is -0.149. The highest BCUT2D eigenvalue weighted by Crippen LogP contribution is 1.90. The standard InChI is InChI=1S/C5H8O4/c1-2-3(6)4(7)5(8)9/h2,4-5,7-9H,1H2. The molecule has 0 fully saturated rings. The van der Waals surface area contributed by atoms with Crippen LogP contribution in [0.2, 0.25) is 0 Å². The molecule has 4 heteroatoms. The van der Waals surface area contributed by atoms with E-state index < -0.39 is 18.2 Å². The Morgan fingerprint density at radius 1 is 1.44 bits per heavy atom. The van der Waals surface area contributed by atoms with Crippen molar-refractivity contribution in [1.82, 2.24) is 0 Å². The molecule has 0 aromatic heterocycles. The summed E-state index contributed by atoms with van der Waals surface area (Å²) in [5.41, 5.74) is 0. The van der Waals surface area contributed by atoms with Gasteiger partial charge in [0.1, 0.15) is 0 Å². The summed E-state index contributed by atoms with van der Waals surface area (Å²) in [4.78, 5) is 10.3. The molecule has 3 N–H and O–H groups in total. The predicted molar refractivity (Wildman–Crippen MR) is 29.4 cm³/mol. The number of ketones is 1. The molecular formula is C5H8O4. The van der Waals surface area contributed by atoms with Gasteiger partial charge >= 0.3 is 0 Å². The lowest BCUT2D eigenvalue weighted by Gasteiger charge is -2.06. The van der Waals surface area contributed by atoms with Crippen LogP contribution in [0.3, 0.4) is 0 Å². The smallest absolute Gasteiger partial charge is 0.188 e. The molecule has 0 bridgehead atoms. The van der Waals surface area contributed by atoms with E-state index in [-0.39, 0.29) is 0 Å². The van der Waals surface area contributed by atoms with Gasteiger partial charge in [-0.15, -0.1) is 0 Å². The van der Waals surface area contributed by atoms with E-state index in [9.17, 15) is 4.79 Å². The van der Waals surface area contributed by atoms with E-state index in [4.69, 9.17) is 15.3 Å². The minimum absolute atomic E-state index is 0.801. The number of aliphatic hydroxyl groups excluding tert-OH is 2. The molecule has 0 saturated heterocycles. The van der Waals surface area contributed by atoms with Gasteiger partial charge in [0.15, 0.2) is 18.2 Å². The molecule has 0 rings (SSSR count). The monoisotopic (exact) mass is 132 g/mol. The highest BCUT2D eigenvalue weighted by Gasteiger charge is 2.18. The van der Waals surface area contributed by atoms with E-state index in [0.717, 1.165) is 6.08 Å². The second-order valence-electron chi connectivity index (χ2n) is 1.46. The molecule has 0 saturated carbocycles. The van der Waals surface area contributed by atoms with Gasteiger partial charge in [-0.05, 0) is 6.08 Å². The van der Waals surface area contributed by atoms with Crippen LogP contribution in [0.4, 0.5) is 0 Å². The van der Waals surface area contributed by atoms with E-state index in [0.29, 0.717) is 0 Å². The Kier molecular flexibility index (Phi) is 3.08. The summed E-state index contributed by atoms with van der Waals surface area (Å²) < 4.78 is 0. The quantitative estimate of drug-likeness (QED) is 0.319. The number of hydrogen-bond donors (Lipinski definition) is 3. The number of aliphatic hydroxyl groups is 3. The molecule has 9 heavy (non-hydrogen) atoms. The molecule has 4 nitrogen and oxygen atoms in total. The highest BCUT2D eigenvalue weighted by atomic mass is 16.5. The lowest BCUT2D eigenvalue weighted by Crippen LogP contribution is -2.32. The molecule has 0 radical (unpaired) electrons. The highest BCUT2D eigenvalue weighted by molar-refractivity contribution is 5.93. The topological polar surface area (TPSA) is 77.8 Å². The van der Waals surface area contributed by atoms with Crippen LogP contribution in [0.25, 0.3) is 0 Å². The van der Waals surface area contributed by atoms with Gasteiger partial charge in [0.25, 0.3) is 0 Å². The summed E-state index contributed by atoms with van der Waals surface area (Å²) >= 11 is 0. The molecule has 0 aromatic carbocycles. The maximum Gasteiger partial charge on any atom is 0.188 e. The van der Waals surface area contributed by atoms with Crippen molar-refractivity contribution in [2.24, 2.45) is 0 Å². The molecule has 52 valence electrons. The summed E-state index contributed by atoms with van der Waals surface area (Å²) in [5, 5.41) is 24.8. The van der Waals surface area contributed by atoms with Crippen molar-refractivity contribution in [3.8, 4) is 0 Å². The SMILES string of the molecule is C=CC(=O)C(O)C(O)O. The first-order valence-electron chi connectivity index (χ1n) is 2.30. The Hall–Kier alpha value is -0.710. The van der Waals surface area contributed by atoms with Crippen LogP contribution in [0.1, 0.15) is 0 Å². The van der Waals surface area contributed by atoms with Crippen LogP contribution in [-0.2, 0) is 4.79 Å². The number of hydrogen-bond acceptors (Lipinski definition) is 4. The van der Waals surface area contributed by atoms with E-state index in [1.165, 1.54) is 0 Å². The average molecular weight is 132 g/mol. The summed E-state index contributed by atoms with van der Waals surface area (Å²) in [6, 6.07) is 0. The van der Waals surface area contributed by atoms with Crippen LogP contribution in [0, 0.1) is 0 Å². The van der Waals surface area contributed by atoms with Crippen molar-refractivity contribution >= 4 is 5.78 Å². The largest absolute Gasteiger partial charge is 0.380 e. The van der Waals surface area contributed by atoms with E-state index in [2.05, 4.69) is 6.58 Å². The molecule has 0 spiro atoms. The molecule has 0 amide bonds. The van der Waals surface area contributed by atoms with Crippen molar-refractivity contribution in [2.45, 2.75) is 12.4 Å². The number of carbonyl (C=O) groups excluding carboxylic acids is 1. The fraction of sp³-hybridized carbons (Fsp3) is 0.400. The summed E-state index contributed by atoms with van der Waals surface area (Å²) in [5.74, 6) is -0.801. The molecule has 0 aliphatic heterocycles. The zero-order valence-corrected chi connectivity index (χ0v) is 4.69. The Bertz CT molecular complexity index is 118. The van der Waals surface area contributed by atoms with Crippen molar-refractivity contribution < 1.29 is 20.1 Å². The zero-order chi connectivity index (χ0) is 7.44. The summed E-state index contributed by atoms with van der Waals surface area (Å²) in [6.07, 6.45) is -2.96. The first-order chi connectivity index (χ1) is 4.09. The second kappa shape index (κ2) is 3.34. The van der Waals surface area contributed by atoms with Crippen molar-refractivity contribution in [2.75, 3.05) is 0 Å². The third-order valence-electron chi connectivity index (χ3n) is 0.775. The molecule has 0 aliphatic rings. The van der Waals surface area contributed by atoms with Gasteiger partial charge in [0, 0.05) is 0 Å². The molecular weight excluding hydrogens is 124 g/mol. The van der Waals surface area contributed by atoms with Gasteiger partial charge in [0.05, 0.1) is 0 Å². The summed E-state index contributed by atoms with van der Waals surface area (Å²) in [7, 11) is 0. The van der Waals surface area contributed by atoms with Gasteiger partial charge in [-0.2, -0.15) is 0 Å². The van der Waals surface area contributed by atoms with Crippen LogP contribution in [0.5, 0.6) is 0 Å². The van der Waals surface area contributed by atoms with Crippen LogP contribution < -0.4 is 0 Å². The summed E-state index contributed by atoms with van der Waals surface area (Å²) in [6.45, 7) is 3.03. The van der Waals surface area contributed by atoms with Gasteiger partial charge in [-0.25, -0.2) is 0 Å². The molecule has 1 atom stereocenters. The number of carbonyl (C=O) groups is 1. The molecule has 0 aromatic rings. The van der Waals surface area contributed by atoms with E-state index >= 15 is 0 Å². The van der Waals surface area contributed by atoms with Gasteiger partial charge < -0.3 is 15.3 Å². The van der Waals surface area contributed by atoms with Gasteiger partial charge in [-0.1, -0.05) is 6.58 Å². The third kappa shape index (κ3) is 2.36. The minimum atomic E-state index is -2.02. The normalized spacial score (nSPS) is 13.3. The Morgan fingerprint density at radius 2 is 1.89 bits per heavy atom. The van der Waals surface area contributed by atoms with E-state index in [1.54, 1.807) is 0 Å². The van der Waals surface area contributed by atoms with E-state index in [1.807, 2.05) is 0 Å². The fourth-order valence-corrected chi connectivity index (χ4v) is 0.268. The zero-order valence-electron chi connectivity index (χ0n) is 4.69. The lowest BCUT2D eigenvalue weighted by atomic mass is 10.2. The average Bonchev–Trinajstić information content (AvgIpc) is 1.84. The predicted octanol–water partition coefficient (Wildman–Crippen LogP) is -1.59. The van der Waals surface area contributed by atoms with Crippen molar-refractivity contribution in [1.29, 1.82) is 0 Å². The molecule has 0 aliphatic carbocycles. The van der Waals surface area contributed by atoms with Crippen molar-refractivity contribution in [3.05, 3.63) is 12.7 Å². The van der Waals surface area contributed by atoms with Crippen LogP contribution in [0.15, 0.2) is 12.7 Å². The first-order valence-corrected chi connectivity index (χ1v) is 2.30. The van der Waals surface area contributed by atoms with Gasteiger partial charge in [0.2, 0.25) is 0 Å². The van der Waals surface area contributed by atoms with Crippen LogP contribution >= 0.6 is 0 Å². The molecule has 0 heterocycles. The second-order valence-corrected chi connectivity index (χ2v) is 1.46. The Balaban J connectivity index is 3.87. The molecule has 1 unspecified atom stereocenters. The minimum Gasteiger partial charge on any atom is -0.380 e. The van der Waals surface area contributed by atoms with Gasteiger partial charge in [-0.3, -0.25) is 4.79 Å². The Labute approximate surface area is 52.1 Å². The van der Waals surface area contributed by atoms with Crippen molar-refractivity contribution in [3.63, 3.8) is 0 Å². The third-order valence-corrected chi connectivity index (χ3v) is 0.775. The maximum atomic E-state index is 10.3. The number of rotatable bonds is 3. The Morgan fingerprint density at radius 3 is 2.00 bits per heavy atom. The first kappa shape index (κ1) is 8.29. The fourth-order valence-electron chi connectivity index (χ4n) is 0.268. The van der Waals surface area contributed by atoms with Crippen LogP contribution in [-0.4, -0.2) is 33.5 Å².